The highest BCUT2D eigenvalue weighted by molar-refractivity contribution is 7.92. The Labute approximate surface area is 164 Å². The molecular formula is C19H23ClN2O4S. The number of amides is 1. The van der Waals surface area contributed by atoms with Gasteiger partial charge in [0.1, 0.15) is 5.75 Å². The fourth-order valence-corrected chi connectivity index (χ4v) is 3.55. The molecular weight excluding hydrogens is 388 g/mol. The Morgan fingerprint density at radius 2 is 1.74 bits per heavy atom. The maximum absolute atomic E-state index is 12.6. The third-order valence-corrected chi connectivity index (χ3v) is 5.18. The molecule has 2 aromatic carbocycles. The molecule has 6 nitrogen and oxygen atoms in total. The van der Waals surface area contributed by atoms with Gasteiger partial charge in [0.2, 0.25) is 5.91 Å². The Bertz CT molecular complexity index is 920. The van der Waals surface area contributed by atoms with E-state index in [1.807, 2.05) is 20.8 Å². The number of methoxy groups -OCH3 is 1. The maximum atomic E-state index is 12.6. The number of benzene rings is 2. The van der Waals surface area contributed by atoms with Crippen LogP contribution in [0, 0.1) is 5.41 Å². The summed E-state index contributed by atoms with van der Waals surface area (Å²) in [5.41, 5.74) is 0.640. The predicted octanol–water partition coefficient (Wildman–Crippen LogP) is 4.52. The van der Waals surface area contributed by atoms with E-state index in [0.717, 1.165) is 0 Å². The summed E-state index contributed by atoms with van der Waals surface area (Å²) in [6, 6.07) is 10.6. The number of sulfonamides is 1. The van der Waals surface area contributed by atoms with Crippen molar-refractivity contribution in [3.63, 3.8) is 0 Å². The summed E-state index contributed by atoms with van der Waals surface area (Å²) in [5.74, 6) is 0.0898. The van der Waals surface area contributed by atoms with Crippen LogP contribution in [0.15, 0.2) is 47.4 Å². The Balaban J connectivity index is 2.23. The number of carbonyl (C=O) groups excluding carboxylic acids is 1. The molecule has 0 aliphatic rings. The van der Waals surface area contributed by atoms with Crippen molar-refractivity contribution >= 4 is 38.9 Å². The molecule has 0 radical (unpaired) electrons. The van der Waals surface area contributed by atoms with Gasteiger partial charge in [0.05, 0.1) is 17.7 Å². The fraction of sp³-hybridized carbons (Fsp3) is 0.316. The highest BCUT2D eigenvalue weighted by atomic mass is 35.5. The van der Waals surface area contributed by atoms with E-state index in [0.29, 0.717) is 22.8 Å². The van der Waals surface area contributed by atoms with E-state index >= 15 is 0 Å². The van der Waals surface area contributed by atoms with Gasteiger partial charge in [0.15, 0.2) is 0 Å². The topological polar surface area (TPSA) is 84.5 Å². The summed E-state index contributed by atoms with van der Waals surface area (Å²) >= 11 is 5.81. The number of nitrogens with one attached hydrogen (secondary N) is 2. The first-order chi connectivity index (χ1) is 12.5. The van der Waals surface area contributed by atoms with Crippen LogP contribution in [0.2, 0.25) is 5.02 Å². The Morgan fingerprint density at radius 3 is 2.30 bits per heavy atom. The quantitative estimate of drug-likeness (QED) is 0.732. The molecule has 1 amide bonds. The van der Waals surface area contributed by atoms with Gasteiger partial charge >= 0.3 is 0 Å². The monoisotopic (exact) mass is 410 g/mol. The van der Waals surface area contributed by atoms with Crippen molar-refractivity contribution in [2.45, 2.75) is 32.1 Å². The van der Waals surface area contributed by atoms with Gasteiger partial charge in [-0.15, -0.1) is 0 Å². The van der Waals surface area contributed by atoms with Gasteiger partial charge in [-0.25, -0.2) is 8.42 Å². The predicted molar refractivity (Wildman–Crippen MR) is 108 cm³/mol. The molecule has 0 unspecified atom stereocenters. The number of halogens is 1. The van der Waals surface area contributed by atoms with E-state index in [4.69, 9.17) is 16.3 Å². The van der Waals surface area contributed by atoms with Crippen LogP contribution in [-0.4, -0.2) is 21.4 Å². The highest BCUT2D eigenvalue weighted by Crippen LogP contribution is 2.30. The first kappa shape index (κ1) is 21.1. The molecule has 0 heterocycles. The van der Waals surface area contributed by atoms with Crippen molar-refractivity contribution in [2.75, 3.05) is 17.1 Å². The van der Waals surface area contributed by atoms with Crippen molar-refractivity contribution in [1.82, 2.24) is 0 Å². The molecule has 0 saturated heterocycles. The van der Waals surface area contributed by atoms with Crippen LogP contribution in [-0.2, 0) is 14.8 Å². The van der Waals surface area contributed by atoms with Crippen LogP contribution < -0.4 is 14.8 Å². The zero-order chi connectivity index (χ0) is 20.2. The highest BCUT2D eigenvalue weighted by Gasteiger charge is 2.20. The molecule has 8 heteroatoms. The van der Waals surface area contributed by atoms with E-state index in [1.165, 1.54) is 25.3 Å². The smallest absolute Gasteiger partial charge is 0.262 e. The van der Waals surface area contributed by atoms with E-state index in [2.05, 4.69) is 10.0 Å². The second-order valence-electron chi connectivity index (χ2n) is 7.26. The lowest BCUT2D eigenvalue weighted by atomic mass is 9.92. The summed E-state index contributed by atoms with van der Waals surface area (Å²) in [7, 11) is -2.40. The molecule has 0 atom stereocenters. The first-order valence-corrected chi connectivity index (χ1v) is 10.1. The van der Waals surface area contributed by atoms with Gasteiger partial charge in [-0.1, -0.05) is 32.4 Å². The van der Waals surface area contributed by atoms with Crippen molar-refractivity contribution in [3.8, 4) is 5.75 Å². The van der Waals surface area contributed by atoms with Crippen LogP contribution in [0.5, 0.6) is 5.75 Å². The van der Waals surface area contributed by atoms with Crippen LogP contribution in [0.25, 0.3) is 0 Å². The van der Waals surface area contributed by atoms with Crippen molar-refractivity contribution in [3.05, 3.63) is 47.5 Å². The number of ether oxygens (including phenoxy) is 1. The maximum Gasteiger partial charge on any atom is 0.262 e. The van der Waals surface area contributed by atoms with E-state index in [-0.39, 0.29) is 22.0 Å². The fourth-order valence-electron chi connectivity index (χ4n) is 2.35. The van der Waals surface area contributed by atoms with Gasteiger partial charge in [-0.3, -0.25) is 9.52 Å². The Morgan fingerprint density at radius 1 is 1.11 bits per heavy atom. The summed E-state index contributed by atoms with van der Waals surface area (Å²) in [6.45, 7) is 5.88. The average molecular weight is 411 g/mol. The Kier molecular flexibility index (Phi) is 6.38. The lowest BCUT2D eigenvalue weighted by Gasteiger charge is -2.18. The molecule has 0 aliphatic heterocycles. The summed E-state index contributed by atoms with van der Waals surface area (Å²) < 4.78 is 32.9. The summed E-state index contributed by atoms with van der Waals surface area (Å²) in [4.78, 5) is 12.2. The summed E-state index contributed by atoms with van der Waals surface area (Å²) in [5, 5.41) is 3.27. The van der Waals surface area contributed by atoms with Crippen molar-refractivity contribution in [1.29, 1.82) is 0 Å². The van der Waals surface area contributed by atoms with Crippen LogP contribution >= 0.6 is 11.6 Å². The molecule has 146 valence electrons. The van der Waals surface area contributed by atoms with Gasteiger partial charge < -0.3 is 10.1 Å². The molecule has 27 heavy (non-hydrogen) atoms. The lowest BCUT2D eigenvalue weighted by molar-refractivity contribution is -0.117. The molecule has 0 aliphatic carbocycles. The summed E-state index contributed by atoms with van der Waals surface area (Å²) in [6.07, 6.45) is 0.328. The van der Waals surface area contributed by atoms with E-state index in [1.54, 1.807) is 24.3 Å². The minimum absolute atomic E-state index is 0.0168. The molecule has 0 aromatic heterocycles. The zero-order valence-corrected chi connectivity index (χ0v) is 17.2. The normalized spacial score (nSPS) is 11.7. The lowest BCUT2D eigenvalue weighted by Crippen LogP contribution is -2.20. The van der Waals surface area contributed by atoms with Crippen molar-refractivity contribution in [2.24, 2.45) is 5.41 Å². The van der Waals surface area contributed by atoms with Crippen LogP contribution in [0.4, 0.5) is 11.4 Å². The van der Waals surface area contributed by atoms with E-state index in [9.17, 15) is 13.2 Å². The third kappa shape index (κ3) is 6.15. The third-order valence-electron chi connectivity index (χ3n) is 3.54. The second kappa shape index (κ2) is 8.19. The van der Waals surface area contributed by atoms with Gasteiger partial charge in [-0.2, -0.15) is 0 Å². The molecule has 0 spiro atoms. The van der Waals surface area contributed by atoms with E-state index < -0.39 is 10.0 Å². The number of hydrogen-bond acceptors (Lipinski definition) is 4. The molecule has 0 fully saturated rings. The zero-order valence-electron chi connectivity index (χ0n) is 15.7. The average Bonchev–Trinajstić information content (AvgIpc) is 2.55. The molecule has 2 rings (SSSR count). The second-order valence-corrected chi connectivity index (χ2v) is 9.38. The number of rotatable bonds is 6. The molecule has 2 N–H and O–H groups in total. The van der Waals surface area contributed by atoms with Gasteiger partial charge in [-0.05, 0) is 41.8 Å². The van der Waals surface area contributed by atoms with Crippen LogP contribution in [0.1, 0.15) is 27.2 Å². The Hall–Kier alpha value is -2.25. The number of carbonyl (C=O) groups is 1. The minimum atomic E-state index is -3.82. The minimum Gasteiger partial charge on any atom is -0.495 e. The SMILES string of the molecule is COc1cc(S(=O)(=O)Nc2ccc(Cl)cc2)ccc1NC(=O)CC(C)(C)C. The van der Waals surface area contributed by atoms with Crippen LogP contribution in [0.3, 0.4) is 0 Å². The van der Waals surface area contributed by atoms with Gasteiger partial charge in [0.25, 0.3) is 10.0 Å². The molecule has 0 bridgehead atoms. The first-order valence-electron chi connectivity index (χ1n) is 8.26. The van der Waals surface area contributed by atoms with Gasteiger partial charge in [0, 0.05) is 23.2 Å². The molecule has 2 aromatic rings. The number of hydrogen-bond donors (Lipinski definition) is 2. The standard InChI is InChI=1S/C19H23ClN2O4S/c1-19(2,3)12-18(23)21-16-10-9-15(11-17(16)26-4)27(24,25)22-14-7-5-13(20)6-8-14/h5-11,22H,12H2,1-4H3,(H,21,23). The largest absolute Gasteiger partial charge is 0.495 e. The number of anilines is 2. The molecule has 0 saturated carbocycles. The van der Waals surface area contributed by atoms with Crippen molar-refractivity contribution < 1.29 is 17.9 Å².